The summed E-state index contributed by atoms with van der Waals surface area (Å²) in [4.78, 5) is 13.6. The average molecular weight is 166 g/mol. The van der Waals surface area contributed by atoms with Crippen LogP contribution in [-0.4, -0.2) is 5.78 Å². The highest BCUT2D eigenvalue weighted by atomic mass is 32.1. The summed E-state index contributed by atoms with van der Waals surface area (Å²) in [7, 11) is 0. The number of thiophene rings is 1. The molecule has 58 valence electrons. The van der Waals surface area contributed by atoms with E-state index in [-0.39, 0.29) is 0 Å². The van der Waals surface area contributed by atoms with Gasteiger partial charge < -0.3 is 0 Å². The maximum Gasteiger partial charge on any atom is 0.173 e. The summed E-state index contributed by atoms with van der Waals surface area (Å²) in [6.45, 7) is 4.20. The molecule has 2 rings (SSSR count). The van der Waals surface area contributed by atoms with Gasteiger partial charge in [0.1, 0.15) is 0 Å². The lowest BCUT2D eigenvalue weighted by Crippen LogP contribution is -1.85. The molecule has 1 aliphatic carbocycles. The van der Waals surface area contributed by atoms with Crippen molar-refractivity contribution < 1.29 is 4.79 Å². The Morgan fingerprint density at radius 3 is 2.64 bits per heavy atom. The number of hydrogen-bond donors (Lipinski definition) is 0. The first-order valence-corrected chi connectivity index (χ1v) is 4.64. The average Bonchev–Trinajstić information content (AvgIpc) is 2.43. The predicted octanol–water partition coefficient (Wildman–Crippen LogP) is 2.49. The molecular weight excluding hydrogens is 156 g/mol. The molecule has 0 radical (unpaired) electrons. The van der Waals surface area contributed by atoms with Crippen molar-refractivity contribution in [3.8, 4) is 0 Å². The van der Waals surface area contributed by atoms with E-state index in [1.807, 2.05) is 0 Å². The van der Waals surface area contributed by atoms with E-state index in [2.05, 4.69) is 13.8 Å². The molecule has 0 aromatic carbocycles. The molecule has 0 aliphatic heterocycles. The fourth-order valence-electron chi connectivity index (χ4n) is 1.55. The van der Waals surface area contributed by atoms with Crippen LogP contribution in [0.3, 0.4) is 0 Å². The normalized spacial score (nSPS) is 15.6. The van der Waals surface area contributed by atoms with E-state index in [0.717, 1.165) is 17.7 Å². The molecule has 0 atom stereocenters. The molecule has 1 heterocycles. The summed E-state index contributed by atoms with van der Waals surface area (Å²) in [6, 6.07) is 0. The number of fused-ring (bicyclic) bond motifs is 1. The molecule has 1 aromatic rings. The molecule has 11 heavy (non-hydrogen) atoms. The Morgan fingerprint density at radius 2 is 2.00 bits per heavy atom. The Bertz CT molecular complexity index is 323. The molecule has 1 nitrogen and oxygen atoms in total. The fourth-order valence-corrected chi connectivity index (χ4v) is 2.73. The Balaban J connectivity index is 2.66. The van der Waals surface area contributed by atoms with Crippen molar-refractivity contribution in [3.05, 3.63) is 20.9 Å². The number of ketones is 1. The van der Waals surface area contributed by atoms with E-state index in [1.165, 1.54) is 16.0 Å². The number of hydrogen-bond acceptors (Lipinski definition) is 2. The van der Waals surface area contributed by atoms with E-state index < -0.39 is 0 Å². The van der Waals surface area contributed by atoms with E-state index in [9.17, 15) is 4.79 Å². The van der Waals surface area contributed by atoms with Crippen LogP contribution < -0.4 is 0 Å². The molecule has 2 heteroatoms. The van der Waals surface area contributed by atoms with Crippen molar-refractivity contribution in [1.82, 2.24) is 0 Å². The van der Waals surface area contributed by atoms with Crippen molar-refractivity contribution in [3.63, 3.8) is 0 Å². The van der Waals surface area contributed by atoms with Gasteiger partial charge in [0.2, 0.25) is 0 Å². The van der Waals surface area contributed by atoms with Gasteiger partial charge in [-0.1, -0.05) is 0 Å². The summed E-state index contributed by atoms with van der Waals surface area (Å²) in [5, 5.41) is 0. The van der Waals surface area contributed by atoms with Crippen LogP contribution in [0.15, 0.2) is 0 Å². The third kappa shape index (κ3) is 0.857. The Labute approximate surface area is 70.1 Å². The van der Waals surface area contributed by atoms with Crippen LogP contribution in [-0.2, 0) is 6.42 Å². The predicted molar refractivity (Wildman–Crippen MR) is 46.4 cm³/mol. The largest absolute Gasteiger partial charge is 0.293 e. The lowest BCUT2D eigenvalue weighted by molar-refractivity contribution is 0.0998. The molecule has 0 saturated heterocycles. The topological polar surface area (TPSA) is 17.1 Å². The van der Waals surface area contributed by atoms with Crippen LogP contribution in [0.4, 0.5) is 0 Å². The smallest absolute Gasteiger partial charge is 0.173 e. The van der Waals surface area contributed by atoms with Gasteiger partial charge in [0.25, 0.3) is 0 Å². The summed E-state index contributed by atoms with van der Waals surface area (Å²) in [5.41, 5.74) is 2.66. The van der Waals surface area contributed by atoms with Gasteiger partial charge >= 0.3 is 0 Å². The fraction of sp³-hybridized carbons (Fsp3) is 0.444. The molecular formula is C9H10OS. The van der Waals surface area contributed by atoms with E-state index in [4.69, 9.17) is 0 Å². The van der Waals surface area contributed by atoms with Crippen molar-refractivity contribution in [2.24, 2.45) is 0 Å². The van der Waals surface area contributed by atoms with Crippen molar-refractivity contribution in [2.45, 2.75) is 26.7 Å². The zero-order valence-electron chi connectivity index (χ0n) is 6.73. The molecule has 0 unspecified atom stereocenters. The lowest BCUT2D eigenvalue weighted by Gasteiger charge is -1.90. The first kappa shape index (κ1) is 7.04. The Kier molecular flexibility index (Phi) is 1.39. The molecule has 1 aromatic heterocycles. The minimum Gasteiger partial charge on any atom is -0.293 e. The summed E-state index contributed by atoms with van der Waals surface area (Å²) < 4.78 is 0. The summed E-state index contributed by atoms with van der Waals surface area (Å²) in [5.74, 6) is 0.348. The third-order valence-corrected chi connectivity index (χ3v) is 3.66. The number of carbonyl (C=O) groups excluding carboxylic acids is 1. The molecule has 0 amide bonds. The maximum absolute atomic E-state index is 11.2. The SMILES string of the molecule is Cc1sc2c(c1C)CCC2=O. The van der Waals surface area contributed by atoms with Crippen molar-refractivity contribution in [2.75, 3.05) is 0 Å². The second kappa shape index (κ2) is 2.18. The van der Waals surface area contributed by atoms with Gasteiger partial charge in [-0.15, -0.1) is 11.3 Å². The quantitative estimate of drug-likeness (QED) is 0.578. The number of rotatable bonds is 0. The summed E-state index contributed by atoms with van der Waals surface area (Å²) in [6.07, 6.45) is 1.71. The van der Waals surface area contributed by atoms with Gasteiger partial charge in [0, 0.05) is 11.3 Å². The number of Topliss-reactive ketones (excluding diaryl/α,β-unsaturated/α-hetero) is 1. The zero-order chi connectivity index (χ0) is 8.01. The zero-order valence-corrected chi connectivity index (χ0v) is 7.55. The summed E-state index contributed by atoms with van der Waals surface area (Å²) >= 11 is 1.66. The van der Waals surface area contributed by atoms with Crippen LogP contribution in [0, 0.1) is 13.8 Å². The first-order chi connectivity index (χ1) is 5.20. The van der Waals surface area contributed by atoms with Crippen LogP contribution in [0.2, 0.25) is 0 Å². The van der Waals surface area contributed by atoms with Crippen LogP contribution >= 0.6 is 11.3 Å². The number of aryl methyl sites for hydroxylation is 1. The highest BCUT2D eigenvalue weighted by Gasteiger charge is 2.24. The van der Waals surface area contributed by atoms with Gasteiger partial charge in [0.15, 0.2) is 5.78 Å². The highest BCUT2D eigenvalue weighted by Crippen LogP contribution is 2.33. The van der Waals surface area contributed by atoms with Crippen LogP contribution in [0.25, 0.3) is 0 Å². The van der Waals surface area contributed by atoms with E-state index >= 15 is 0 Å². The molecule has 1 aliphatic rings. The lowest BCUT2D eigenvalue weighted by atomic mass is 10.1. The second-order valence-corrected chi connectivity index (χ2v) is 4.24. The van der Waals surface area contributed by atoms with Gasteiger partial charge in [0.05, 0.1) is 4.88 Å². The van der Waals surface area contributed by atoms with Crippen molar-refractivity contribution in [1.29, 1.82) is 0 Å². The van der Waals surface area contributed by atoms with Gasteiger partial charge in [-0.3, -0.25) is 4.79 Å². The van der Waals surface area contributed by atoms with Gasteiger partial charge in [-0.25, -0.2) is 0 Å². The van der Waals surface area contributed by atoms with Gasteiger partial charge in [-0.05, 0) is 31.4 Å². The monoisotopic (exact) mass is 166 g/mol. The maximum atomic E-state index is 11.2. The van der Waals surface area contributed by atoms with E-state index in [1.54, 1.807) is 11.3 Å². The molecule has 0 spiro atoms. The molecule has 0 bridgehead atoms. The van der Waals surface area contributed by atoms with Gasteiger partial charge in [-0.2, -0.15) is 0 Å². The minimum absolute atomic E-state index is 0.348. The Hall–Kier alpha value is -0.630. The highest BCUT2D eigenvalue weighted by molar-refractivity contribution is 7.14. The minimum atomic E-state index is 0.348. The van der Waals surface area contributed by atoms with Crippen LogP contribution in [0.5, 0.6) is 0 Å². The van der Waals surface area contributed by atoms with E-state index in [0.29, 0.717) is 5.78 Å². The van der Waals surface area contributed by atoms with Crippen molar-refractivity contribution >= 4 is 17.1 Å². The second-order valence-electron chi connectivity index (χ2n) is 3.01. The standard InChI is InChI=1S/C9H10OS/c1-5-6(2)11-9-7(5)3-4-8(9)10/h3-4H2,1-2H3. The third-order valence-electron chi connectivity index (χ3n) is 2.37. The molecule has 0 saturated carbocycles. The van der Waals surface area contributed by atoms with Crippen LogP contribution in [0.1, 0.15) is 32.1 Å². The molecule has 0 fully saturated rings. The number of carbonyl (C=O) groups is 1. The Morgan fingerprint density at radius 1 is 1.27 bits per heavy atom. The molecule has 0 N–H and O–H groups in total. The first-order valence-electron chi connectivity index (χ1n) is 3.82.